The van der Waals surface area contributed by atoms with Crippen molar-refractivity contribution in [1.82, 2.24) is 0 Å². The van der Waals surface area contributed by atoms with Gasteiger partial charge in [0.1, 0.15) is 17.0 Å². The summed E-state index contributed by atoms with van der Waals surface area (Å²) in [6.45, 7) is 0. The van der Waals surface area contributed by atoms with Crippen LogP contribution in [0, 0.1) is 0 Å². The van der Waals surface area contributed by atoms with Gasteiger partial charge in [0, 0.05) is 5.56 Å². The van der Waals surface area contributed by atoms with E-state index >= 15 is 0 Å². The lowest BCUT2D eigenvalue weighted by molar-refractivity contribution is 0.468. The van der Waals surface area contributed by atoms with Crippen LogP contribution in [0.25, 0.3) is 0 Å². The number of hydrogen-bond donors (Lipinski definition) is 0. The first-order valence-corrected chi connectivity index (χ1v) is 6.25. The van der Waals surface area contributed by atoms with Crippen molar-refractivity contribution in [1.29, 1.82) is 0 Å². The monoisotopic (exact) mass is 251 g/mol. The van der Waals surface area contributed by atoms with E-state index < -0.39 is 5.54 Å². The second-order valence-electron chi connectivity index (χ2n) is 4.65. The largest absolute Gasteiger partial charge is 0.457 e. The molecule has 1 aliphatic rings. The Morgan fingerprint density at radius 1 is 1.00 bits per heavy atom. The van der Waals surface area contributed by atoms with Crippen molar-refractivity contribution in [3.05, 3.63) is 60.2 Å². The zero-order chi connectivity index (χ0) is 13.1. The molecule has 3 heteroatoms. The number of aliphatic imine (C=N–C) groups is 1. The van der Waals surface area contributed by atoms with Crippen molar-refractivity contribution in [2.75, 3.05) is 0 Å². The molecule has 0 bridgehead atoms. The zero-order valence-electron chi connectivity index (χ0n) is 10.4. The molecule has 2 aromatic carbocycles. The molecule has 2 aromatic rings. The van der Waals surface area contributed by atoms with Gasteiger partial charge in [-0.25, -0.2) is 4.79 Å². The molecule has 94 valence electrons. The lowest BCUT2D eigenvalue weighted by atomic mass is 10.0. The molecule has 3 rings (SSSR count). The topological polar surface area (TPSA) is 38.7 Å². The lowest BCUT2D eigenvalue weighted by Crippen LogP contribution is -2.04. The predicted molar refractivity (Wildman–Crippen MR) is 72.0 cm³/mol. The van der Waals surface area contributed by atoms with Crippen molar-refractivity contribution in [3.8, 4) is 11.5 Å². The van der Waals surface area contributed by atoms with E-state index in [2.05, 4.69) is 4.99 Å². The second-order valence-corrected chi connectivity index (χ2v) is 4.65. The molecule has 0 aliphatic heterocycles. The first-order valence-electron chi connectivity index (χ1n) is 6.25. The van der Waals surface area contributed by atoms with Gasteiger partial charge in [-0.05, 0) is 31.0 Å². The maximum Gasteiger partial charge on any atom is 0.235 e. The Bertz CT molecular complexity index is 626. The Morgan fingerprint density at radius 3 is 2.37 bits per heavy atom. The third kappa shape index (κ3) is 2.28. The predicted octanol–water partition coefficient (Wildman–Crippen LogP) is 3.80. The van der Waals surface area contributed by atoms with Crippen LogP contribution in [0.1, 0.15) is 18.4 Å². The molecule has 0 saturated heterocycles. The minimum atomic E-state index is -0.410. The third-order valence-corrected chi connectivity index (χ3v) is 3.34. The van der Waals surface area contributed by atoms with Gasteiger partial charge >= 0.3 is 0 Å². The quantitative estimate of drug-likeness (QED) is 0.612. The molecule has 0 atom stereocenters. The molecule has 1 fully saturated rings. The van der Waals surface area contributed by atoms with Crippen LogP contribution in [0.5, 0.6) is 11.5 Å². The van der Waals surface area contributed by atoms with Gasteiger partial charge in [-0.1, -0.05) is 36.4 Å². The van der Waals surface area contributed by atoms with E-state index in [-0.39, 0.29) is 0 Å². The summed E-state index contributed by atoms with van der Waals surface area (Å²) in [7, 11) is 0. The molecule has 1 saturated carbocycles. The average Bonchev–Trinajstić information content (AvgIpc) is 3.22. The maximum absolute atomic E-state index is 10.6. The summed E-state index contributed by atoms with van der Waals surface area (Å²) < 4.78 is 5.89. The molecule has 0 N–H and O–H groups in total. The van der Waals surface area contributed by atoms with Gasteiger partial charge in [-0.2, -0.15) is 4.99 Å². The van der Waals surface area contributed by atoms with Crippen LogP contribution in [0.2, 0.25) is 0 Å². The third-order valence-electron chi connectivity index (χ3n) is 3.34. The number of carbonyl (C=O) groups excluding carboxylic acids is 1. The molecule has 0 aromatic heterocycles. The molecular formula is C16H13NO2. The van der Waals surface area contributed by atoms with E-state index in [4.69, 9.17) is 4.74 Å². The summed E-state index contributed by atoms with van der Waals surface area (Å²) in [6, 6.07) is 17.3. The first-order chi connectivity index (χ1) is 9.34. The summed E-state index contributed by atoms with van der Waals surface area (Å²) in [6.07, 6.45) is 3.42. The highest BCUT2D eigenvalue weighted by molar-refractivity contribution is 5.48. The van der Waals surface area contributed by atoms with E-state index in [0.717, 1.165) is 29.9 Å². The molecule has 0 heterocycles. The van der Waals surface area contributed by atoms with Gasteiger partial charge in [-0.3, -0.25) is 0 Å². The van der Waals surface area contributed by atoms with Gasteiger partial charge < -0.3 is 4.74 Å². The van der Waals surface area contributed by atoms with Gasteiger partial charge in [0.25, 0.3) is 0 Å². The zero-order valence-corrected chi connectivity index (χ0v) is 10.4. The summed E-state index contributed by atoms with van der Waals surface area (Å²) in [5.41, 5.74) is 0.551. The molecule has 0 radical (unpaired) electrons. The Morgan fingerprint density at radius 2 is 1.68 bits per heavy atom. The number of isocyanates is 1. The number of hydrogen-bond acceptors (Lipinski definition) is 3. The van der Waals surface area contributed by atoms with E-state index in [1.54, 1.807) is 6.08 Å². The highest BCUT2D eigenvalue weighted by Gasteiger charge is 2.46. The summed E-state index contributed by atoms with van der Waals surface area (Å²) >= 11 is 0. The second kappa shape index (κ2) is 4.71. The summed E-state index contributed by atoms with van der Waals surface area (Å²) in [5.74, 6) is 1.53. The Kier molecular flexibility index (Phi) is 2.90. The Balaban J connectivity index is 1.97. The number of ether oxygens (including phenoxy) is 1. The van der Waals surface area contributed by atoms with Crippen molar-refractivity contribution >= 4 is 6.08 Å². The van der Waals surface area contributed by atoms with Crippen molar-refractivity contribution in [2.45, 2.75) is 18.4 Å². The maximum atomic E-state index is 10.6. The number of para-hydroxylation sites is 2. The lowest BCUT2D eigenvalue weighted by Gasteiger charge is -2.14. The van der Waals surface area contributed by atoms with E-state index in [9.17, 15) is 4.79 Å². The first kappa shape index (κ1) is 11.7. The van der Waals surface area contributed by atoms with Crippen LogP contribution in [-0.4, -0.2) is 6.08 Å². The minimum Gasteiger partial charge on any atom is -0.457 e. The van der Waals surface area contributed by atoms with E-state index in [0.29, 0.717) is 0 Å². The molecule has 1 aliphatic carbocycles. The van der Waals surface area contributed by atoms with Crippen LogP contribution in [0.4, 0.5) is 0 Å². The highest BCUT2D eigenvalue weighted by Crippen LogP contribution is 2.52. The molecule has 0 spiro atoms. The number of rotatable bonds is 4. The normalized spacial score (nSPS) is 15.4. The average molecular weight is 251 g/mol. The fourth-order valence-corrected chi connectivity index (χ4v) is 2.20. The van der Waals surface area contributed by atoms with Crippen molar-refractivity contribution in [2.24, 2.45) is 4.99 Å². The van der Waals surface area contributed by atoms with E-state index in [1.807, 2.05) is 54.6 Å². The Hall–Kier alpha value is -2.38. The van der Waals surface area contributed by atoms with Crippen LogP contribution in [-0.2, 0) is 10.3 Å². The standard InChI is InChI=1S/C16H13NO2/c18-12-17-16(10-11-16)14-8-4-5-9-15(14)19-13-6-2-1-3-7-13/h1-9H,10-11H2. The van der Waals surface area contributed by atoms with Crippen LogP contribution < -0.4 is 4.74 Å². The van der Waals surface area contributed by atoms with Crippen LogP contribution in [0.15, 0.2) is 59.6 Å². The van der Waals surface area contributed by atoms with Crippen molar-refractivity contribution in [3.63, 3.8) is 0 Å². The smallest absolute Gasteiger partial charge is 0.235 e. The van der Waals surface area contributed by atoms with Crippen molar-refractivity contribution < 1.29 is 9.53 Å². The Labute approximate surface area is 111 Å². The fraction of sp³-hybridized carbons (Fsp3) is 0.188. The minimum absolute atomic E-state index is 0.410. The highest BCUT2D eigenvalue weighted by atomic mass is 16.5. The number of benzene rings is 2. The summed E-state index contributed by atoms with van der Waals surface area (Å²) in [5, 5.41) is 0. The molecular weight excluding hydrogens is 238 g/mol. The number of nitrogens with zero attached hydrogens (tertiary/aromatic N) is 1. The molecule has 0 unspecified atom stereocenters. The molecule has 0 amide bonds. The van der Waals surface area contributed by atoms with E-state index in [1.165, 1.54) is 0 Å². The molecule has 19 heavy (non-hydrogen) atoms. The van der Waals surface area contributed by atoms with Crippen LogP contribution >= 0.6 is 0 Å². The van der Waals surface area contributed by atoms with Gasteiger partial charge in [0.05, 0.1) is 0 Å². The SMILES string of the molecule is O=C=NC1(c2ccccc2Oc2ccccc2)CC1. The molecule has 3 nitrogen and oxygen atoms in total. The van der Waals surface area contributed by atoms with Gasteiger partial charge in [0.2, 0.25) is 6.08 Å². The van der Waals surface area contributed by atoms with Gasteiger partial charge in [0.15, 0.2) is 0 Å². The van der Waals surface area contributed by atoms with Gasteiger partial charge in [-0.15, -0.1) is 0 Å². The fourth-order valence-electron chi connectivity index (χ4n) is 2.20. The van der Waals surface area contributed by atoms with Crippen LogP contribution in [0.3, 0.4) is 0 Å². The summed E-state index contributed by atoms with van der Waals surface area (Å²) in [4.78, 5) is 14.5.